The minimum atomic E-state index is 0.0855. The van der Waals surface area contributed by atoms with E-state index in [4.69, 9.17) is 0 Å². The first kappa shape index (κ1) is 13.8. The molecule has 0 aliphatic heterocycles. The van der Waals surface area contributed by atoms with Gasteiger partial charge in [-0.25, -0.2) is 0 Å². The van der Waals surface area contributed by atoms with Crippen molar-refractivity contribution in [2.75, 3.05) is 6.54 Å². The molecule has 0 spiro atoms. The summed E-state index contributed by atoms with van der Waals surface area (Å²) in [5.41, 5.74) is 2.29. The minimum Gasteiger partial charge on any atom is -0.356 e. The first-order valence-electron chi connectivity index (χ1n) is 6.45. The zero-order chi connectivity index (χ0) is 13.7. The summed E-state index contributed by atoms with van der Waals surface area (Å²) in [7, 11) is 0. The van der Waals surface area contributed by atoms with Crippen LogP contribution in [-0.2, 0) is 17.8 Å². The van der Waals surface area contributed by atoms with E-state index in [0.29, 0.717) is 19.5 Å². The topological polar surface area (TPSA) is 46.9 Å². The van der Waals surface area contributed by atoms with Gasteiger partial charge in [-0.1, -0.05) is 0 Å². The molecule has 1 amide bonds. The molecular weight excluding hydrogens is 258 g/mol. The van der Waals surface area contributed by atoms with E-state index in [-0.39, 0.29) is 5.91 Å². The summed E-state index contributed by atoms with van der Waals surface area (Å²) >= 11 is 1.75. The monoisotopic (exact) mass is 277 g/mol. The highest BCUT2D eigenvalue weighted by molar-refractivity contribution is 7.10. The number of carbonyl (C=O) groups is 1. The quantitative estimate of drug-likeness (QED) is 0.880. The number of thiophene rings is 1. The van der Waals surface area contributed by atoms with E-state index in [2.05, 4.69) is 28.8 Å². The van der Waals surface area contributed by atoms with Crippen molar-refractivity contribution >= 4 is 17.2 Å². The van der Waals surface area contributed by atoms with E-state index in [9.17, 15) is 4.79 Å². The van der Waals surface area contributed by atoms with Crippen LogP contribution in [0.25, 0.3) is 0 Å². The number of amides is 1. The van der Waals surface area contributed by atoms with Gasteiger partial charge in [-0.05, 0) is 43.3 Å². The standard InChI is InChI=1S/C14H19N3OS/c1-11-6-10-19-13(11)3-7-15-14(18)5-9-17-8-4-12(2)16-17/h4,6,8,10H,3,5,7,9H2,1-2H3,(H,15,18). The fourth-order valence-electron chi connectivity index (χ4n) is 1.87. The number of aromatic nitrogens is 2. The number of nitrogens with zero attached hydrogens (tertiary/aromatic N) is 2. The predicted octanol–water partition coefficient (Wildman–Crippen LogP) is 2.31. The Morgan fingerprint density at radius 2 is 2.26 bits per heavy atom. The predicted molar refractivity (Wildman–Crippen MR) is 77.4 cm³/mol. The van der Waals surface area contributed by atoms with E-state index in [1.807, 2.05) is 19.2 Å². The Labute approximate surface area is 117 Å². The highest BCUT2D eigenvalue weighted by Gasteiger charge is 2.04. The van der Waals surface area contributed by atoms with Gasteiger partial charge in [-0.2, -0.15) is 5.10 Å². The van der Waals surface area contributed by atoms with Gasteiger partial charge in [0, 0.05) is 30.6 Å². The number of hydrogen-bond acceptors (Lipinski definition) is 3. The molecule has 0 atom stereocenters. The Hall–Kier alpha value is -1.62. The molecule has 2 aromatic rings. The molecule has 0 unspecified atom stereocenters. The fraction of sp³-hybridized carbons (Fsp3) is 0.429. The van der Waals surface area contributed by atoms with E-state index in [0.717, 1.165) is 12.1 Å². The summed E-state index contributed by atoms with van der Waals surface area (Å²) in [6.45, 7) is 5.39. The zero-order valence-corrected chi connectivity index (χ0v) is 12.2. The zero-order valence-electron chi connectivity index (χ0n) is 11.3. The summed E-state index contributed by atoms with van der Waals surface area (Å²) in [6, 6.07) is 4.05. The molecule has 0 fully saturated rings. The lowest BCUT2D eigenvalue weighted by atomic mass is 10.2. The van der Waals surface area contributed by atoms with Gasteiger partial charge in [-0.15, -0.1) is 11.3 Å². The molecule has 5 heteroatoms. The van der Waals surface area contributed by atoms with Crippen LogP contribution in [0.2, 0.25) is 0 Å². The van der Waals surface area contributed by atoms with Gasteiger partial charge in [0.05, 0.1) is 5.69 Å². The molecule has 0 aliphatic carbocycles. The summed E-state index contributed by atoms with van der Waals surface area (Å²) in [5, 5.41) is 9.30. The van der Waals surface area contributed by atoms with Crippen LogP contribution in [0, 0.1) is 13.8 Å². The van der Waals surface area contributed by atoms with Crippen molar-refractivity contribution in [1.29, 1.82) is 0 Å². The molecule has 0 radical (unpaired) electrons. The summed E-state index contributed by atoms with van der Waals surface area (Å²) in [6.07, 6.45) is 3.29. The van der Waals surface area contributed by atoms with Crippen LogP contribution in [0.15, 0.2) is 23.7 Å². The highest BCUT2D eigenvalue weighted by Crippen LogP contribution is 2.15. The molecule has 0 aromatic carbocycles. The van der Waals surface area contributed by atoms with E-state index in [1.165, 1.54) is 10.4 Å². The molecule has 2 rings (SSSR count). The van der Waals surface area contributed by atoms with Crippen molar-refractivity contribution in [3.05, 3.63) is 39.8 Å². The number of aryl methyl sites for hydroxylation is 3. The molecule has 19 heavy (non-hydrogen) atoms. The maximum atomic E-state index is 11.7. The Morgan fingerprint density at radius 3 is 2.89 bits per heavy atom. The van der Waals surface area contributed by atoms with Crippen molar-refractivity contribution < 1.29 is 4.79 Å². The fourth-order valence-corrected chi connectivity index (χ4v) is 2.78. The number of rotatable bonds is 6. The normalized spacial score (nSPS) is 10.6. The van der Waals surface area contributed by atoms with Gasteiger partial charge in [0.2, 0.25) is 5.91 Å². The van der Waals surface area contributed by atoms with E-state index in [1.54, 1.807) is 16.0 Å². The van der Waals surface area contributed by atoms with Crippen molar-refractivity contribution in [1.82, 2.24) is 15.1 Å². The van der Waals surface area contributed by atoms with Crippen molar-refractivity contribution in [2.45, 2.75) is 33.2 Å². The van der Waals surface area contributed by atoms with Gasteiger partial charge in [0.25, 0.3) is 0 Å². The SMILES string of the molecule is Cc1ccn(CCC(=O)NCCc2sccc2C)n1. The Bertz CT molecular complexity index is 544. The van der Waals surface area contributed by atoms with Crippen LogP contribution >= 0.6 is 11.3 Å². The summed E-state index contributed by atoms with van der Waals surface area (Å²) in [4.78, 5) is 13.0. The lowest BCUT2D eigenvalue weighted by molar-refractivity contribution is -0.121. The molecule has 0 aliphatic rings. The van der Waals surface area contributed by atoms with Crippen LogP contribution in [0.1, 0.15) is 22.6 Å². The molecule has 2 aromatic heterocycles. The molecule has 1 N–H and O–H groups in total. The third kappa shape index (κ3) is 4.21. The molecule has 0 bridgehead atoms. The maximum Gasteiger partial charge on any atom is 0.221 e. The van der Waals surface area contributed by atoms with Gasteiger partial charge < -0.3 is 5.32 Å². The second kappa shape index (κ2) is 6.52. The third-order valence-corrected chi connectivity index (χ3v) is 4.07. The highest BCUT2D eigenvalue weighted by atomic mass is 32.1. The molecule has 0 saturated carbocycles. The lowest BCUT2D eigenvalue weighted by Crippen LogP contribution is -2.26. The summed E-state index contributed by atoms with van der Waals surface area (Å²) in [5.74, 6) is 0.0855. The van der Waals surface area contributed by atoms with Gasteiger partial charge in [0.1, 0.15) is 0 Å². The van der Waals surface area contributed by atoms with E-state index >= 15 is 0 Å². The smallest absolute Gasteiger partial charge is 0.221 e. The Kier molecular flexibility index (Phi) is 4.74. The minimum absolute atomic E-state index is 0.0855. The van der Waals surface area contributed by atoms with E-state index < -0.39 is 0 Å². The summed E-state index contributed by atoms with van der Waals surface area (Å²) < 4.78 is 1.80. The second-order valence-corrected chi connectivity index (χ2v) is 5.60. The number of nitrogens with one attached hydrogen (secondary N) is 1. The van der Waals surface area contributed by atoms with Crippen LogP contribution < -0.4 is 5.32 Å². The molecule has 102 valence electrons. The van der Waals surface area contributed by atoms with Gasteiger partial charge in [-0.3, -0.25) is 9.48 Å². The van der Waals surface area contributed by atoms with Crippen molar-refractivity contribution in [2.24, 2.45) is 0 Å². The Balaban J connectivity index is 1.66. The van der Waals surface area contributed by atoms with Crippen LogP contribution in [-0.4, -0.2) is 22.2 Å². The van der Waals surface area contributed by atoms with Crippen LogP contribution in [0.3, 0.4) is 0 Å². The van der Waals surface area contributed by atoms with Gasteiger partial charge in [0.15, 0.2) is 0 Å². The largest absolute Gasteiger partial charge is 0.356 e. The average molecular weight is 277 g/mol. The average Bonchev–Trinajstić information content (AvgIpc) is 2.96. The van der Waals surface area contributed by atoms with Crippen molar-refractivity contribution in [3.8, 4) is 0 Å². The molecular formula is C14H19N3OS. The maximum absolute atomic E-state index is 11.7. The van der Waals surface area contributed by atoms with Gasteiger partial charge >= 0.3 is 0 Å². The Morgan fingerprint density at radius 1 is 1.42 bits per heavy atom. The lowest BCUT2D eigenvalue weighted by Gasteiger charge is -2.05. The number of carbonyl (C=O) groups excluding carboxylic acids is 1. The molecule has 4 nitrogen and oxygen atoms in total. The third-order valence-electron chi connectivity index (χ3n) is 2.98. The second-order valence-electron chi connectivity index (χ2n) is 4.60. The number of hydrogen-bond donors (Lipinski definition) is 1. The van der Waals surface area contributed by atoms with Crippen LogP contribution in [0.5, 0.6) is 0 Å². The molecule has 0 saturated heterocycles. The van der Waals surface area contributed by atoms with Crippen molar-refractivity contribution in [3.63, 3.8) is 0 Å². The first-order chi connectivity index (χ1) is 9.15. The first-order valence-corrected chi connectivity index (χ1v) is 7.33. The van der Waals surface area contributed by atoms with Crippen LogP contribution in [0.4, 0.5) is 0 Å². The molecule has 2 heterocycles.